The number of terminal acetylenes is 1. The molecule has 0 aliphatic rings. The summed E-state index contributed by atoms with van der Waals surface area (Å²) in [6.07, 6.45) is 5.35. The van der Waals surface area contributed by atoms with E-state index in [2.05, 4.69) is 5.92 Å². The topological polar surface area (TPSA) is 40.5 Å². The highest BCUT2D eigenvalue weighted by Crippen LogP contribution is 2.30. The van der Waals surface area contributed by atoms with Gasteiger partial charge in [0, 0.05) is 6.54 Å². The molecule has 0 aromatic heterocycles. The quantitative estimate of drug-likeness (QED) is 0.833. The van der Waals surface area contributed by atoms with Gasteiger partial charge >= 0.3 is 5.97 Å². The molecule has 1 aromatic rings. The number of anilines is 1. The Morgan fingerprint density at radius 3 is 2.67 bits per heavy atom. The zero-order chi connectivity index (χ0) is 13.7. The van der Waals surface area contributed by atoms with Gasteiger partial charge in [-0.25, -0.2) is 0 Å². The lowest BCUT2D eigenvalue weighted by atomic mass is 10.1. The first-order valence-electron chi connectivity index (χ1n) is 5.62. The molecule has 1 aromatic carbocycles. The maximum atomic E-state index is 10.7. The number of carbonyl (C=O) groups is 1. The molecule has 0 bridgehead atoms. The highest BCUT2D eigenvalue weighted by atomic mass is 35.5. The molecule has 96 valence electrons. The molecule has 0 amide bonds. The van der Waals surface area contributed by atoms with Crippen LogP contribution in [-0.4, -0.2) is 24.2 Å². The normalized spacial score (nSPS) is 9.89. The summed E-state index contributed by atoms with van der Waals surface area (Å²) in [5.74, 6) is 1.68. The molecule has 4 heteroatoms. The number of nitrogens with zero attached hydrogens (tertiary/aromatic N) is 1. The zero-order valence-electron chi connectivity index (χ0n) is 10.5. The third-order valence-corrected chi connectivity index (χ3v) is 2.88. The first kappa shape index (κ1) is 14.4. The van der Waals surface area contributed by atoms with Crippen molar-refractivity contribution in [1.29, 1.82) is 0 Å². The van der Waals surface area contributed by atoms with Crippen LogP contribution in [0.25, 0.3) is 0 Å². The smallest absolute Gasteiger partial charge is 0.305 e. The Balaban J connectivity index is 3.06. The van der Waals surface area contributed by atoms with E-state index in [1.54, 1.807) is 0 Å². The third-order valence-electron chi connectivity index (χ3n) is 2.59. The minimum absolute atomic E-state index is 0.0331. The lowest BCUT2D eigenvalue weighted by Gasteiger charge is -2.25. The van der Waals surface area contributed by atoms with Crippen molar-refractivity contribution in [2.45, 2.75) is 20.3 Å². The Bertz CT molecular complexity index is 468. The van der Waals surface area contributed by atoms with E-state index in [0.717, 1.165) is 16.8 Å². The van der Waals surface area contributed by atoms with Gasteiger partial charge in [0.25, 0.3) is 0 Å². The minimum Gasteiger partial charge on any atom is -0.481 e. The fourth-order valence-corrected chi connectivity index (χ4v) is 2.36. The Morgan fingerprint density at radius 1 is 1.50 bits per heavy atom. The van der Waals surface area contributed by atoms with E-state index in [-0.39, 0.29) is 6.42 Å². The summed E-state index contributed by atoms with van der Waals surface area (Å²) >= 11 is 6.22. The van der Waals surface area contributed by atoms with E-state index in [1.807, 2.05) is 30.9 Å². The van der Waals surface area contributed by atoms with Crippen molar-refractivity contribution >= 4 is 23.3 Å². The molecule has 0 spiro atoms. The van der Waals surface area contributed by atoms with Crippen LogP contribution < -0.4 is 4.90 Å². The van der Waals surface area contributed by atoms with Crippen LogP contribution in [-0.2, 0) is 4.79 Å². The van der Waals surface area contributed by atoms with Crippen molar-refractivity contribution in [3.63, 3.8) is 0 Å². The Morgan fingerprint density at radius 2 is 2.17 bits per heavy atom. The Labute approximate surface area is 112 Å². The lowest BCUT2D eigenvalue weighted by molar-refractivity contribution is -0.136. The molecule has 0 unspecified atom stereocenters. The molecule has 3 nitrogen and oxygen atoms in total. The van der Waals surface area contributed by atoms with Gasteiger partial charge in [-0.1, -0.05) is 23.6 Å². The predicted octanol–water partition coefficient (Wildman–Crippen LogP) is 2.87. The number of aryl methyl sites for hydroxylation is 2. The van der Waals surface area contributed by atoms with Gasteiger partial charge in [0.2, 0.25) is 0 Å². The van der Waals surface area contributed by atoms with Gasteiger partial charge in [0.15, 0.2) is 0 Å². The van der Waals surface area contributed by atoms with Gasteiger partial charge < -0.3 is 10.0 Å². The van der Waals surface area contributed by atoms with Crippen LogP contribution in [0.4, 0.5) is 5.69 Å². The van der Waals surface area contributed by atoms with Crippen LogP contribution in [0.5, 0.6) is 0 Å². The summed E-state index contributed by atoms with van der Waals surface area (Å²) in [6.45, 7) is 4.60. The van der Waals surface area contributed by atoms with Crippen LogP contribution >= 0.6 is 11.6 Å². The van der Waals surface area contributed by atoms with E-state index in [0.29, 0.717) is 18.1 Å². The number of hydrogen-bond acceptors (Lipinski definition) is 2. The van der Waals surface area contributed by atoms with Crippen molar-refractivity contribution in [1.82, 2.24) is 0 Å². The van der Waals surface area contributed by atoms with Crippen LogP contribution in [0.3, 0.4) is 0 Å². The number of carboxylic acid groups (broad SMARTS) is 1. The van der Waals surface area contributed by atoms with Gasteiger partial charge in [0.05, 0.1) is 23.7 Å². The number of rotatable bonds is 5. The van der Waals surface area contributed by atoms with Crippen LogP contribution in [0.2, 0.25) is 5.02 Å². The summed E-state index contributed by atoms with van der Waals surface area (Å²) in [7, 11) is 0. The second-order valence-corrected chi connectivity index (χ2v) is 4.59. The van der Waals surface area contributed by atoms with Crippen molar-refractivity contribution in [3.8, 4) is 12.3 Å². The number of benzene rings is 1. The summed E-state index contributed by atoms with van der Waals surface area (Å²) in [4.78, 5) is 12.5. The van der Waals surface area contributed by atoms with Crippen LogP contribution in [0, 0.1) is 26.2 Å². The fourth-order valence-electron chi connectivity index (χ4n) is 1.92. The maximum absolute atomic E-state index is 10.7. The highest BCUT2D eigenvalue weighted by Gasteiger charge is 2.14. The van der Waals surface area contributed by atoms with Gasteiger partial charge in [0.1, 0.15) is 0 Å². The molecule has 0 saturated heterocycles. The number of hydrogen-bond donors (Lipinski definition) is 1. The molecule has 0 saturated carbocycles. The van der Waals surface area contributed by atoms with Crippen molar-refractivity contribution in [2.75, 3.05) is 18.0 Å². The van der Waals surface area contributed by atoms with Gasteiger partial charge in [-0.15, -0.1) is 6.42 Å². The largest absolute Gasteiger partial charge is 0.481 e. The van der Waals surface area contributed by atoms with E-state index in [1.165, 1.54) is 0 Å². The summed E-state index contributed by atoms with van der Waals surface area (Å²) in [5.41, 5.74) is 2.89. The second-order valence-electron chi connectivity index (χ2n) is 4.18. The first-order valence-corrected chi connectivity index (χ1v) is 6.00. The standard InChI is InChI=1S/C14H16ClNO2/c1-4-6-16(7-5-13(17)18)14-11(3)8-10(2)9-12(14)15/h1,8-9H,5-7H2,2-3H3,(H,17,18). The van der Waals surface area contributed by atoms with E-state index in [4.69, 9.17) is 23.1 Å². The van der Waals surface area contributed by atoms with Crippen LogP contribution in [0.15, 0.2) is 12.1 Å². The van der Waals surface area contributed by atoms with Crippen molar-refractivity contribution in [3.05, 3.63) is 28.3 Å². The molecule has 1 rings (SSSR count). The number of carboxylic acids is 1. The van der Waals surface area contributed by atoms with E-state index in [9.17, 15) is 4.79 Å². The number of halogens is 1. The average Bonchev–Trinajstić information content (AvgIpc) is 2.24. The Hall–Kier alpha value is -1.66. The molecular formula is C14H16ClNO2. The first-order chi connectivity index (χ1) is 8.45. The molecular weight excluding hydrogens is 250 g/mol. The van der Waals surface area contributed by atoms with Gasteiger partial charge in [-0.05, 0) is 31.0 Å². The lowest BCUT2D eigenvalue weighted by Crippen LogP contribution is -2.27. The molecule has 18 heavy (non-hydrogen) atoms. The molecule has 0 aliphatic heterocycles. The monoisotopic (exact) mass is 265 g/mol. The van der Waals surface area contributed by atoms with E-state index < -0.39 is 5.97 Å². The van der Waals surface area contributed by atoms with Crippen molar-refractivity contribution < 1.29 is 9.90 Å². The number of aliphatic carboxylic acids is 1. The Kier molecular flexibility index (Phi) is 5.06. The van der Waals surface area contributed by atoms with Gasteiger partial charge in [-0.3, -0.25) is 4.79 Å². The molecule has 0 aliphatic carbocycles. The van der Waals surface area contributed by atoms with Crippen LogP contribution in [0.1, 0.15) is 17.5 Å². The minimum atomic E-state index is -0.849. The highest BCUT2D eigenvalue weighted by molar-refractivity contribution is 6.33. The SMILES string of the molecule is C#CCN(CCC(=O)O)c1c(C)cc(C)cc1Cl. The summed E-state index contributed by atoms with van der Waals surface area (Å²) in [6, 6.07) is 3.86. The summed E-state index contributed by atoms with van der Waals surface area (Å²) < 4.78 is 0. The zero-order valence-corrected chi connectivity index (χ0v) is 11.3. The molecule has 1 N–H and O–H groups in total. The fraction of sp³-hybridized carbons (Fsp3) is 0.357. The molecule has 0 radical (unpaired) electrons. The molecule has 0 fully saturated rings. The maximum Gasteiger partial charge on any atom is 0.305 e. The van der Waals surface area contributed by atoms with E-state index >= 15 is 0 Å². The second kappa shape index (κ2) is 6.32. The predicted molar refractivity (Wildman–Crippen MR) is 74.2 cm³/mol. The molecule has 0 heterocycles. The molecule has 0 atom stereocenters. The average molecular weight is 266 g/mol. The van der Waals surface area contributed by atoms with Gasteiger partial charge in [-0.2, -0.15) is 0 Å². The summed E-state index contributed by atoms with van der Waals surface area (Å²) in [5, 5.41) is 9.35. The third kappa shape index (κ3) is 3.68. The van der Waals surface area contributed by atoms with Crippen molar-refractivity contribution in [2.24, 2.45) is 0 Å².